The number of pyridine rings is 1. The maximum atomic E-state index is 13.3. The number of sulfonamides is 1. The quantitative estimate of drug-likeness (QED) is 0.500. The number of alkyl halides is 3. The molecule has 180 valence electrons. The zero-order valence-electron chi connectivity index (χ0n) is 17.6. The first kappa shape index (κ1) is 23.9. The van der Waals surface area contributed by atoms with Gasteiger partial charge < -0.3 is 10.2 Å². The van der Waals surface area contributed by atoms with Gasteiger partial charge in [0.05, 0.1) is 11.1 Å². The van der Waals surface area contributed by atoms with Gasteiger partial charge in [0.15, 0.2) is 0 Å². The second-order valence-corrected chi connectivity index (χ2v) is 9.57. The van der Waals surface area contributed by atoms with Gasteiger partial charge in [-0.15, -0.1) is 0 Å². The number of rotatable bonds is 6. The number of fused-ring (bicyclic) bond motifs is 1. The van der Waals surface area contributed by atoms with E-state index in [1.165, 1.54) is 29.3 Å². The summed E-state index contributed by atoms with van der Waals surface area (Å²) in [5.41, 5.74) is -3.34. The van der Waals surface area contributed by atoms with E-state index in [4.69, 9.17) is 0 Å². The lowest BCUT2D eigenvalue weighted by molar-refractivity contribution is -0.0448. The molecule has 2 heterocycles. The lowest BCUT2D eigenvalue weighted by atomic mass is 10.1. The van der Waals surface area contributed by atoms with Crippen LogP contribution in [0.1, 0.15) is 23.2 Å². The number of carbonyl (C=O) groups is 1. The molecule has 0 spiro atoms. The summed E-state index contributed by atoms with van der Waals surface area (Å²) in [7, 11) is -5.50. The van der Waals surface area contributed by atoms with Crippen LogP contribution in [0, 0.1) is 5.82 Å². The summed E-state index contributed by atoms with van der Waals surface area (Å²) in [6.07, 6.45) is 2.36. The summed E-state index contributed by atoms with van der Waals surface area (Å²) in [5, 5.41) is 3.63. The van der Waals surface area contributed by atoms with Crippen LogP contribution in [0.2, 0.25) is 0 Å². The Morgan fingerprint density at radius 3 is 2.50 bits per heavy atom. The Kier molecular flexibility index (Phi) is 6.45. The zero-order valence-corrected chi connectivity index (χ0v) is 18.5. The molecular formula is C22H20F4N4O3S. The molecular weight excluding hydrogens is 476 g/mol. The average Bonchev–Trinajstić information content (AvgIpc) is 3.26. The van der Waals surface area contributed by atoms with Crippen LogP contribution in [-0.4, -0.2) is 48.8 Å². The lowest BCUT2D eigenvalue weighted by Crippen LogP contribution is -2.46. The molecule has 2 aromatic carbocycles. The number of nitrogens with zero attached hydrogens (tertiary/aromatic N) is 2. The Labute approximate surface area is 192 Å². The van der Waals surface area contributed by atoms with E-state index in [1.54, 1.807) is 35.1 Å². The second kappa shape index (κ2) is 9.18. The molecule has 1 fully saturated rings. The summed E-state index contributed by atoms with van der Waals surface area (Å²) >= 11 is 0. The molecule has 1 saturated heterocycles. The smallest absolute Gasteiger partial charge is 0.356 e. The van der Waals surface area contributed by atoms with Crippen LogP contribution < -0.4 is 10.0 Å². The van der Waals surface area contributed by atoms with Gasteiger partial charge in [-0.1, -0.05) is 0 Å². The predicted molar refractivity (Wildman–Crippen MR) is 118 cm³/mol. The Hall–Kier alpha value is -3.25. The Morgan fingerprint density at radius 2 is 1.79 bits per heavy atom. The molecule has 3 aromatic rings. The van der Waals surface area contributed by atoms with Gasteiger partial charge in [0.25, 0.3) is 5.91 Å². The number of nitrogens with one attached hydrogen (secondary N) is 2. The van der Waals surface area contributed by atoms with Crippen LogP contribution in [-0.2, 0) is 10.0 Å². The topological polar surface area (TPSA) is 91.4 Å². The van der Waals surface area contributed by atoms with Gasteiger partial charge in [0.1, 0.15) is 5.82 Å². The third-order valence-electron chi connectivity index (χ3n) is 5.56. The molecule has 1 atom stereocenters. The molecule has 4 rings (SSSR count). The van der Waals surface area contributed by atoms with E-state index >= 15 is 0 Å². The number of carbonyl (C=O) groups excluding carboxylic acids is 1. The van der Waals surface area contributed by atoms with Crippen molar-refractivity contribution in [2.24, 2.45) is 0 Å². The Bertz CT molecular complexity index is 1310. The predicted octanol–water partition coefficient (Wildman–Crippen LogP) is 4.16. The number of halogens is 4. The maximum absolute atomic E-state index is 13.3. The molecule has 0 radical (unpaired) electrons. The third-order valence-corrected chi connectivity index (χ3v) is 6.71. The Morgan fingerprint density at radius 1 is 1.09 bits per heavy atom. The molecule has 0 saturated carbocycles. The van der Waals surface area contributed by atoms with Crippen molar-refractivity contribution >= 4 is 38.2 Å². The number of hydrogen-bond donors (Lipinski definition) is 2. The first-order valence-electron chi connectivity index (χ1n) is 10.3. The van der Waals surface area contributed by atoms with Gasteiger partial charge in [-0.2, -0.15) is 13.2 Å². The van der Waals surface area contributed by atoms with Crippen molar-refractivity contribution < 1.29 is 30.8 Å². The first-order valence-corrected chi connectivity index (χ1v) is 11.8. The minimum atomic E-state index is -5.50. The van der Waals surface area contributed by atoms with Crippen molar-refractivity contribution in [1.82, 2.24) is 14.6 Å². The highest BCUT2D eigenvalue weighted by atomic mass is 32.2. The fraction of sp³-hybridized carbons (Fsp3) is 0.273. The standard InChI is InChI=1S/C22H20F4N4O3S/c23-14-3-5-15(6-4-14)29-16-7-8-20-19(12-16)18(9-10-27-20)21(31)30-11-1-2-17(30)13-28-34(32,33)22(24,25)26/h3-10,12,17,28-29H,1-2,11,13H2. The first-order chi connectivity index (χ1) is 16.0. The molecule has 1 amide bonds. The second-order valence-electron chi connectivity index (χ2n) is 7.81. The van der Waals surface area contributed by atoms with Crippen molar-refractivity contribution in [2.75, 3.05) is 18.4 Å². The largest absolute Gasteiger partial charge is 0.511 e. The van der Waals surface area contributed by atoms with Gasteiger partial charge in [-0.05, 0) is 61.4 Å². The fourth-order valence-corrected chi connectivity index (χ4v) is 4.44. The van der Waals surface area contributed by atoms with Crippen LogP contribution in [0.5, 0.6) is 0 Å². The van der Waals surface area contributed by atoms with Gasteiger partial charge in [-0.3, -0.25) is 9.78 Å². The van der Waals surface area contributed by atoms with E-state index < -0.39 is 34.0 Å². The van der Waals surface area contributed by atoms with E-state index in [2.05, 4.69) is 10.3 Å². The highest BCUT2D eigenvalue weighted by Gasteiger charge is 2.46. The van der Waals surface area contributed by atoms with Gasteiger partial charge in [0.2, 0.25) is 0 Å². The molecule has 1 aliphatic heterocycles. The molecule has 2 N–H and O–H groups in total. The van der Waals surface area contributed by atoms with Crippen LogP contribution >= 0.6 is 0 Å². The van der Waals surface area contributed by atoms with Gasteiger partial charge in [0, 0.05) is 42.1 Å². The summed E-state index contributed by atoms with van der Waals surface area (Å²) in [5.74, 6) is -0.807. The van der Waals surface area contributed by atoms with Crippen molar-refractivity contribution in [1.29, 1.82) is 0 Å². The molecule has 0 aliphatic carbocycles. The molecule has 1 aliphatic rings. The summed E-state index contributed by atoms with van der Waals surface area (Å²) in [6.45, 7) is -0.247. The minimum Gasteiger partial charge on any atom is -0.356 e. The minimum absolute atomic E-state index is 0.286. The summed E-state index contributed by atoms with van der Waals surface area (Å²) in [6, 6.07) is 11.7. The van der Waals surface area contributed by atoms with E-state index in [0.717, 1.165) is 0 Å². The number of benzene rings is 2. The summed E-state index contributed by atoms with van der Waals surface area (Å²) in [4.78, 5) is 19.0. The summed E-state index contributed by atoms with van der Waals surface area (Å²) < 4.78 is 75.4. The normalized spacial score (nSPS) is 16.7. The number of likely N-dealkylation sites (tertiary alicyclic amines) is 1. The van der Waals surface area contributed by atoms with E-state index in [9.17, 15) is 30.8 Å². The number of anilines is 2. The van der Waals surface area contributed by atoms with Gasteiger partial charge in [-0.25, -0.2) is 17.5 Å². The van der Waals surface area contributed by atoms with Crippen molar-refractivity contribution in [3.8, 4) is 0 Å². The average molecular weight is 496 g/mol. The molecule has 1 aromatic heterocycles. The van der Waals surface area contributed by atoms with Crippen LogP contribution in [0.4, 0.5) is 28.9 Å². The van der Waals surface area contributed by atoms with Crippen LogP contribution in [0.3, 0.4) is 0 Å². The maximum Gasteiger partial charge on any atom is 0.511 e. The Balaban J connectivity index is 1.58. The fourth-order valence-electron chi connectivity index (χ4n) is 3.87. The molecule has 1 unspecified atom stereocenters. The highest BCUT2D eigenvalue weighted by Crippen LogP contribution is 2.28. The third kappa shape index (κ3) is 4.97. The highest BCUT2D eigenvalue weighted by molar-refractivity contribution is 7.90. The lowest BCUT2D eigenvalue weighted by Gasteiger charge is -2.25. The number of amides is 1. The van der Waals surface area contributed by atoms with E-state index in [1.807, 2.05) is 0 Å². The van der Waals surface area contributed by atoms with Crippen LogP contribution in [0.15, 0.2) is 54.7 Å². The van der Waals surface area contributed by atoms with Crippen LogP contribution in [0.25, 0.3) is 10.9 Å². The number of hydrogen-bond acceptors (Lipinski definition) is 5. The number of aromatic nitrogens is 1. The van der Waals surface area contributed by atoms with E-state index in [-0.39, 0.29) is 12.4 Å². The molecule has 12 heteroatoms. The molecule has 7 nitrogen and oxygen atoms in total. The van der Waals surface area contributed by atoms with E-state index in [0.29, 0.717) is 40.7 Å². The monoisotopic (exact) mass is 496 g/mol. The van der Waals surface area contributed by atoms with Crippen molar-refractivity contribution in [3.63, 3.8) is 0 Å². The molecule has 34 heavy (non-hydrogen) atoms. The molecule has 0 bridgehead atoms. The zero-order chi connectivity index (χ0) is 24.5. The SMILES string of the molecule is O=C(c1ccnc2ccc(Nc3ccc(F)cc3)cc12)N1CCCC1CNS(=O)(=O)C(F)(F)F. The van der Waals surface area contributed by atoms with Crippen molar-refractivity contribution in [3.05, 3.63) is 66.1 Å². The van der Waals surface area contributed by atoms with Gasteiger partial charge >= 0.3 is 15.5 Å². The van der Waals surface area contributed by atoms with Crippen molar-refractivity contribution in [2.45, 2.75) is 24.4 Å².